The third-order valence-corrected chi connectivity index (χ3v) is 4.66. The highest BCUT2D eigenvalue weighted by atomic mass is 79.9. The van der Waals surface area contributed by atoms with Crippen LogP contribution in [-0.4, -0.2) is 24.1 Å². The zero-order chi connectivity index (χ0) is 15.4. The van der Waals surface area contributed by atoms with E-state index in [2.05, 4.69) is 15.9 Å². The van der Waals surface area contributed by atoms with Crippen LogP contribution in [0.2, 0.25) is 0 Å². The summed E-state index contributed by atoms with van der Waals surface area (Å²) < 4.78 is 13.7. The Morgan fingerprint density at radius 1 is 1.24 bits per heavy atom. The van der Waals surface area contributed by atoms with Gasteiger partial charge in [0, 0.05) is 18.5 Å². The second kappa shape index (κ2) is 7.09. The number of hydrogen-bond acceptors (Lipinski definition) is 2. The van der Waals surface area contributed by atoms with Gasteiger partial charge < -0.3 is 4.90 Å². The lowest BCUT2D eigenvalue weighted by molar-refractivity contribution is 0.0783. The number of rotatable bonds is 4. The molecule has 2 nitrogen and oxygen atoms in total. The Hall–Kier alpha value is -1.33. The molecule has 110 valence electrons. The monoisotopic (exact) mass is 367 g/mol. The number of hydrogen-bond donors (Lipinski definition) is 0. The summed E-state index contributed by atoms with van der Waals surface area (Å²) in [4.78, 5) is 15.1. The topological polar surface area (TPSA) is 20.3 Å². The summed E-state index contributed by atoms with van der Waals surface area (Å²) in [5, 5.41) is 0. The first kappa shape index (κ1) is 16.0. The molecule has 0 N–H and O–H groups in total. The standard InChI is InChI=1S/C16H15BrFNOS/c1-19(10-11-6-8-12(21-2)9-7-11)16(20)13-4-3-5-14(18)15(13)17/h3-9H,10H2,1-2H3. The van der Waals surface area contributed by atoms with Crippen LogP contribution in [0.15, 0.2) is 51.8 Å². The van der Waals surface area contributed by atoms with Gasteiger partial charge in [-0.25, -0.2) is 4.39 Å². The van der Waals surface area contributed by atoms with Crippen molar-refractivity contribution < 1.29 is 9.18 Å². The largest absolute Gasteiger partial charge is 0.337 e. The zero-order valence-electron chi connectivity index (χ0n) is 11.8. The lowest BCUT2D eigenvalue weighted by atomic mass is 10.1. The predicted octanol–water partition coefficient (Wildman–Crippen LogP) is 4.58. The Bertz CT molecular complexity index is 645. The second-order valence-electron chi connectivity index (χ2n) is 4.61. The summed E-state index contributed by atoms with van der Waals surface area (Å²) >= 11 is 4.80. The minimum absolute atomic E-state index is 0.208. The molecule has 0 bridgehead atoms. The maximum Gasteiger partial charge on any atom is 0.255 e. The van der Waals surface area contributed by atoms with Crippen molar-refractivity contribution in [1.82, 2.24) is 4.90 Å². The highest BCUT2D eigenvalue weighted by Crippen LogP contribution is 2.22. The molecule has 5 heteroatoms. The molecule has 0 atom stereocenters. The van der Waals surface area contributed by atoms with Crippen molar-refractivity contribution in [3.8, 4) is 0 Å². The van der Waals surface area contributed by atoms with E-state index in [1.807, 2.05) is 30.5 Å². The van der Waals surface area contributed by atoms with E-state index in [-0.39, 0.29) is 10.4 Å². The Balaban J connectivity index is 2.13. The van der Waals surface area contributed by atoms with E-state index in [1.54, 1.807) is 29.8 Å². The second-order valence-corrected chi connectivity index (χ2v) is 6.28. The fourth-order valence-electron chi connectivity index (χ4n) is 1.95. The molecule has 0 saturated heterocycles. The normalized spacial score (nSPS) is 10.5. The zero-order valence-corrected chi connectivity index (χ0v) is 14.2. The molecule has 0 unspecified atom stereocenters. The van der Waals surface area contributed by atoms with Gasteiger partial charge in [0.2, 0.25) is 0 Å². The summed E-state index contributed by atoms with van der Waals surface area (Å²) in [6, 6.07) is 12.5. The number of benzene rings is 2. The quantitative estimate of drug-likeness (QED) is 0.737. The molecule has 0 fully saturated rings. The van der Waals surface area contributed by atoms with Gasteiger partial charge >= 0.3 is 0 Å². The molecule has 21 heavy (non-hydrogen) atoms. The van der Waals surface area contributed by atoms with Gasteiger partial charge in [0.15, 0.2) is 0 Å². The van der Waals surface area contributed by atoms with E-state index in [9.17, 15) is 9.18 Å². The molecule has 0 aliphatic carbocycles. The first-order valence-corrected chi connectivity index (χ1v) is 8.37. The van der Waals surface area contributed by atoms with Crippen LogP contribution in [0.5, 0.6) is 0 Å². The van der Waals surface area contributed by atoms with Gasteiger partial charge in [0.05, 0.1) is 10.0 Å². The Labute approximate surface area is 136 Å². The number of amides is 1. The summed E-state index contributed by atoms with van der Waals surface area (Å²) in [5.41, 5.74) is 1.37. The number of carbonyl (C=O) groups is 1. The summed E-state index contributed by atoms with van der Waals surface area (Å²) in [6.07, 6.45) is 2.02. The molecule has 0 aromatic heterocycles. The van der Waals surface area contributed by atoms with Crippen LogP contribution in [0.4, 0.5) is 4.39 Å². The predicted molar refractivity (Wildman–Crippen MR) is 88.1 cm³/mol. The Morgan fingerprint density at radius 3 is 2.52 bits per heavy atom. The van der Waals surface area contributed by atoms with Crippen molar-refractivity contribution in [2.24, 2.45) is 0 Å². The van der Waals surface area contributed by atoms with Crippen LogP contribution in [0.25, 0.3) is 0 Å². The fraction of sp³-hybridized carbons (Fsp3) is 0.188. The van der Waals surface area contributed by atoms with E-state index < -0.39 is 5.82 Å². The van der Waals surface area contributed by atoms with E-state index in [0.717, 1.165) is 5.56 Å². The van der Waals surface area contributed by atoms with Gasteiger partial charge in [0.1, 0.15) is 5.82 Å². The van der Waals surface area contributed by atoms with Crippen LogP contribution in [0.1, 0.15) is 15.9 Å². The summed E-state index contributed by atoms with van der Waals surface area (Å²) in [7, 11) is 1.71. The van der Waals surface area contributed by atoms with E-state index in [1.165, 1.54) is 17.0 Å². The first-order valence-electron chi connectivity index (χ1n) is 6.35. The summed E-state index contributed by atoms with van der Waals surface area (Å²) in [6.45, 7) is 0.483. The van der Waals surface area contributed by atoms with Gasteiger partial charge in [-0.1, -0.05) is 18.2 Å². The van der Waals surface area contributed by atoms with Gasteiger partial charge in [-0.15, -0.1) is 11.8 Å². The lowest BCUT2D eigenvalue weighted by Crippen LogP contribution is -2.26. The van der Waals surface area contributed by atoms with Crippen molar-refractivity contribution >= 4 is 33.6 Å². The number of carbonyl (C=O) groups excluding carboxylic acids is 1. The molecule has 1 amide bonds. The van der Waals surface area contributed by atoms with Crippen LogP contribution >= 0.6 is 27.7 Å². The van der Waals surface area contributed by atoms with Crippen molar-refractivity contribution in [3.63, 3.8) is 0 Å². The highest BCUT2D eigenvalue weighted by Gasteiger charge is 2.17. The fourth-order valence-corrected chi connectivity index (χ4v) is 2.79. The summed E-state index contributed by atoms with van der Waals surface area (Å²) in [5.74, 6) is -0.645. The van der Waals surface area contributed by atoms with Crippen molar-refractivity contribution in [2.75, 3.05) is 13.3 Å². The van der Waals surface area contributed by atoms with Crippen LogP contribution in [0.3, 0.4) is 0 Å². The van der Waals surface area contributed by atoms with E-state index in [4.69, 9.17) is 0 Å². The number of nitrogens with zero attached hydrogens (tertiary/aromatic N) is 1. The molecule has 2 aromatic carbocycles. The van der Waals surface area contributed by atoms with E-state index >= 15 is 0 Å². The van der Waals surface area contributed by atoms with Crippen LogP contribution in [-0.2, 0) is 6.54 Å². The Kier molecular flexibility index (Phi) is 5.42. The average molecular weight is 368 g/mol. The molecular weight excluding hydrogens is 353 g/mol. The van der Waals surface area contributed by atoms with E-state index in [0.29, 0.717) is 12.1 Å². The number of halogens is 2. The third kappa shape index (κ3) is 3.86. The van der Waals surface area contributed by atoms with Crippen LogP contribution in [0, 0.1) is 5.82 Å². The average Bonchev–Trinajstić information content (AvgIpc) is 2.50. The maximum atomic E-state index is 13.5. The van der Waals surface area contributed by atoms with Gasteiger partial charge in [-0.2, -0.15) is 0 Å². The Morgan fingerprint density at radius 2 is 1.90 bits per heavy atom. The molecule has 0 radical (unpaired) electrons. The van der Waals surface area contributed by atoms with Gasteiger partial charge in [-0.3, -0.25) is 4.79 Å². The van der Waals surface area contributed by atoms with Crippen LogP contribution < -0.4 is 0 Å². The minimum Gasteiger partial charge on any atom is -0.337 e. The molecular formula is C16H15BrFNOS. The van der Waals surface area contributed by atoms with Crippen molar-refractivity contribution in [2.45, 2.75) is 11.4 Å². The first-order chi connectivity index (χ1) is 10.0. The SMILES string of the molecule is CSc1ccc(CN(C)C(=O)c2cccc(F)c2Br)cc1. The van der Waals surface area contributed by atoms with Crippen molar-refractivity contribution in [3.05, 3.63) is 63.9 Å². The maximum absolute atomic E-state index is 13.5. The molecule has 0 aliphatic rings. The number of thioether (sulfide) groups is 1. The molecule has 0 spiro atoms. The minimum atomic E-state index is -0.432. The molecule has 0 saturated carbocycles. The molecule has 0 aliphatic heterocycles. The highest BCUT2D eigenvalue weighted by molar-refractivity contribution is 9.10. The molecule has 2 aromatic rings. The third-order valence-electron chi connectivity index (χ3n) is 3.11. The van der Waals surface area contributed by atoms with Crippen molar-refractivity contribution in [1.29, 1.82) is 0 Å². The lowest BCUT2D eigenvalue weighted by Gasteiger charge is -2.18. The van der Waals surface area contributed by atoms with Gasteiger partial charge in [0.25, 0.3) is 5.91 Å². The smallest absolute Gasteiger partial charge is 0.255 e. The molecule has 2 rings (SSSR count). The van der Waals surface area contributed by atoms with Gasteiger partial charge in [-0.05, 0) is 52.0 Å². The molecule has 0 heterocycles.